The van der Waals surface area contributed by atoms with E-state index < -0.39 is 0 Å². The fraction of sp³-hybridized carbons (Fsp3) is 0.125. The highest BCUT2D eigenvalue weighted by Crippen LogP contribution is 2.27. The zero-order valence-electron chi connectivity index (χ0n) is 11.9. The molecule has 0 aliphatic heterocycles. The van der Waals surface area contributed by atoms with E-state index in [-0.39, 0.29) is 12.5 Å². The van der Waals surface area contributed by atoms with Crippen molar-refractivity contribution in [3.8, 4) is 11.5 Å². The quantitative estimate of drug-likeness (QED) is 0.785. The minimum atomic E-state index is -0.259. The van der Waals surface area contributed by atoms with Crippen LogP contribution in [0.15, 0.2) is 48.5 Å². The number of anilines is 1. The molecule has 2 aromatic carbocycles. The Hall–Kier alpha value is -2.60. The second kappa shape index (κ2) is 6.44. The second-order valence-corrected chi connectivity index (χ2v) is 5.51. The Morgan fingerprint density at radius 2 is 1.86 bits per heavy atom. The summed E-state index contributed by atoms with van der Waals surface area (Å²) in [6.07, 6.45) is 0. The predicted molar refractivity (Wildman–Crippen MR) is 86.7 cm³/mol. The number of methoxy groups -OCH3 is 1. The average molecular weight is 314 g/mol. The lowest BCUT2D eigenvalue weighted by Gasteiger charge is -2.09. The van der Waals surface area contributed by atoms with Crippen molar-refractivity contribution in [3.63, 3.8) is 0 Å². The Kier molecular flexibility index (Phi) is 4.20. The fourth-order valence-corrected chi connectivity index (χ4v) is 2.84. The number of para-hydroxylation sites is 3. The minimum Gasteiger partial charge on any atom is -0.493 e. The molecule has 22 heavy (non-hydrogen) atoms. The largest absolute Gasteiger partial charge is 0.493 e. The van der Waals surface area contributed by atoms with Gasteiger partial charge in [-0.2, -0.15) is 0 Å². The van der Waals surface area contributed by atoms with Crippen LogP contribution in [0.2, 0.25) is 0 Å². The monoisotopic (exact) mass is 314 g/mol. The molecule has 0 radical (unpaired) electrons. The van der Waals surface area contributed by atoms with Gasteiger partial charge >= 0.3 is 0 Å². The maximum atomic E-state index is 12.0. The van der Waals surface area contributed by atoms with Gasteiger partial charge in [0.25, 0.3) is 5.91 Å². The van der Waals surface area contributed by atoms with E-state index in [9.17, 15) is 4.79 Å². The van der Waals surface area contributed by atoms with Crippen LogP contribution in [0.3, 0.4) is 0 Å². The SMILES string of the molecule is COc1ccccc1OCC(=O)Nc1nc2ccccc2s1. The Balaban J connectivity index is 1.62. The zero-order valence-corrected chi connectivity index (χ0v) is 12.7. The molecular formula is C16H14N2O3S. The van der Waals surface area contributed by atoms with Crippen LogP contribution in [-0.4, -0.2) is 24.6 Å². The summed E-state index contributed by atoms with van der Waals surface area (Å²) in [6, 6.07) is 14.9. The summed E-state index contributed by atoms with van der Waals surface area (Å²) in [5, 5.41) is 3.31. The second-order valence-electron chi connectivity index (χ2n) is 4.47. The third-order valence-electron chi connectivity index (χ3n) is 2.97. The molecule has 6 heteroatoms. The first-order valence-corrected chi connectivity index (χ1v) is 7.49. The molecule has 0 aliphatic carbocycles. The van der Waals surface area contributed by atoms with Crippen LogP contribution >= 0.6 is 11.3 Å². The van der Waals surface area contributed by atoms with Gasteiger partial charge < -0.3 is 9.47 Å². The van der Waals surface area contributed by atoms with Crippen molar-refractivity contribution in [1.29, 1.82) is 0 Å². The first-order chi connectivity index (χ1) is 10.8. The van der Waals surface area contributed by atoms with Crippen LogP contribution in [0.4, 0.5) is 5.13 Å². The number of hydrogen-bond acceptors (Lipinski definition) is 5. The highest BCUT2D eigenvalue weighted by molar-refractivity contribution is 7.22. The molecule has 0 spiro atoms. The molecule has 112 valence electrons. The maximum Gasteiger partial charge on any atom is 0.264 e. The molecule has 1 heterocycles. The molecule has 1 aromatic heterocycles. The van der Waals surface area contributed by atoms with Gasteiger partial charge in [-0.25, -0.2) is 4.98 Å². The van der Waals surface area contributed by atoms with E-state index >= 15 is 0 Å². The Morgan fingerprint density at radius 3 is 2.64 bits per heavy atom. The normalized spacial score (nSPS) is 10.4. The molecule has 0 bridgehead atoms. The summed E-state index contributed by atoms with van der Waals surface area (Å²) in [4.78, 5) is 16.3. The number of nitrogens with one attached hydrogen (secondary N) is 1. The van der Waals surface area contributed by atoms with Gasteiger partial charge in [-0.1, -0.05) is 35.6 Å². The highest BCUT2D eigenvalue weighted by atomic mass is 32.1. The standard InChI is InChI=1S/C16H14N2O3S/c1-20-12-7-3-4-8-13(12)21-10-15(19)18-16-17-11-6-2-5-9-14(11)22-16/h2-9H,10H2,1H3,(H,17,18,19). The van der Waals surface area contributed by atoms with E-state index in [1.165, 1.54) is 11.3 Å². The average Bonchev–Trinajstić information content (AvgIpc) is 2.95. The molecular weight excluding hydrogens is 300 g/mol. The number of ether oxygens (including phenoxy) is 2. The summed E-state index contributed by atoms with van der Waals surface area (Å²) in [5.41, 5.74) is 0.869. The number of hydrogen-bond donors (Lipinski definition) is 1. The summed E-state index contributed by atoms with van der Waals surface area (Å²) in [6.45, 7) is -0.101. The zero-order chi connectivity index (χ0) is 15.4. The van der Waals surface area contributed by atoms with Crippen molar-refractivity contribution in [2.45, 2.75) is 0 Å². The lowest BCUT2D eigenvalue weighted by atomic mass is 10.3. The van der Waals surface area contributed by atoms with Crippen LogP contribution < -0.4 is 14.8 Å². The molecule has 0 unspecified atom stereocenters. The lowest BCUT2D eigenvalue weighted by molar-refractivity contribution is -0.118. The number of nitrogens with zero attached hydrogens (tertiary/aromatic N) is 1. The number of rotatable bonds is 5. The van der Waals surface area contributed by atoms with E-state index in [2.05, 4.69) is 10.3 Å². The van der Waals surface area contributed by atoms with Crippen molar-refractivity contribution in [2.24, 2.45) is 0 Å². The summed E-state index contributed by atoms with van der Waals surface area (Å²) in [7, 11) is 1.56. The molecule has 5 nitrogen and oxygen atoms in total. The van der Waals surface area contributed by atoms with Gasteiger partial charge in [-0.05, 0) is 24.3 Å². The Morgan fingerprint density at radius 1 is 1.14 bits per heavy atom. The number of carbonyl (C=O) groups excluding carboxylic acids is 1. The van der Waals surface area contributed by atoms with Crippen LogP contribution in [0, 0.1) is 0 Å². The maximum absolute atomic E-state index is 12.0. The molecule has 0 saturated heterocycles. The van der Waals surface area contributed by atoms with Crippen LogP contribution in [0.1, 0.15) is 0 Å². The molecule has 0 aliphatic rings. The molecule has 3 rings (SSSR count). The minimum absolute atomic E-state index is 0.101. The third kappa shape index (κ3) is 3.17. The van der Waals surface area contributed by atoms with Gasteiger partial charge in [0.1, 0.15) is 0 Å². The third-order valence-corrected chi connectivity index (χ3v) is 3.92. The number of fused-ring (bicyclic) bond motifs is 1. The van der Waals surface area contributed by atoms with Crippen molar-refractivity contribution < 1.29 is 14.3 Å². The van der Waals surface area contributed by atoms with Crippen molar-refractivity contribution >= 4 is 32.6 Å². The van der Waals surface area contributed by atoms with Crippen molar-refractivity contribution in [1.82, 2.24) is 4.98 Å². The number of aromatic nitrogens is 1. The van der Waals surface area contributed by atoms with Gasteiger partial charge in [0.15, 0.2) is 23.2 Å². The molecule has 0 fully saturated rings. The van der Waals surface area contributed by atoms with Crippen LogP contribution in [0.5, 0.6) is 11.5 Å². The van der Waals surface area contributed by atoms with Gasteiger partial charge in [-0.3, -0.25) is 10.1 Å². The number of thiazole rings is 1. The molecule has 0 saturated carbocycles. The van der Waals surface area contributed by atoms with Gasteiger partial charge in [0.05, 0.1) is 17.3 Å². The Bertz CT molecular complexity index is 768. The van der Waals surface area contributed by atoms with E-state index in [1.807, 2.05) is 36.4 Å². The summed E-state index contributed by atoms with van der Waals surface area (Å²) < 4.78 is 11.7. The summed E-state index contributed by atoms with van der Waals surface area (Å²) in [5.74, 6) is 0.865. The first-order valence-electron chi connectivity index (χ1n) is 6.67. The van der Waals surface area contributed by atoms with E-state index in [0.29, 0.717) is 16.6 Å². The first kappa shape index (κ1) is 14.3. The van der Waals surface area contributed by atoms with E-state index in [1.54, 1.807) is 19.2 Å². The molecule has 1 N–H and O–H groups in total. The number of carbonyl (C=O) groups is 1. The van der Waals surface area contributed by atoms with Crippen LogP contribution in [0.25, 0.3) is 10.2 Å². The van der Waals surface area contributed by atoms with Gasteiger partial charge in [0.2, 0.25) is 0 Å². The van der Waals surface area contributed by atoms with Crippen molar-refractivity contribution in [2.75, 3.05) is 19.0 Å². The van der Waals surface area contributed by atoms with Crippen LogP contribution in [-0.2, 0) is 4.79 Å². The molecule has 3 aromatic rings. The van der Waals surface area contributed by atoms with Gasteiger partial charge in [-0.15, -0.1) is 0 Å². The predicted octanol–water partition coefficient (Wildman–Crippen LogP) is 3.32. The topological polar surface area (TPSA) is 60.5 Å². The van der Waals surface area contributed by atoms with E-state index in [4.69, 9.17) is 9.47 Å². The summed E-state index contributed by atoms with van der Waals surface area (Å²) >= 11 is 1.43. The fourth-order valence-electron chi connectivity index (χ4n) is 1.96. The number of amides is 1. The molecule has 1 amide bonds. The Labute approximate surface area is 131 Å². The number of benzene rings is 2. The van der Waals surface area contributed by atoms with E-state index in [0.717, 1.165) is 10.2 Å². The highest BCUT2D eigenvalue weighted by Gasteiger charge is 2.10. The van der Waals surface area contributed by atoms with Gasteiger partial charge in [0, 0.05) is 0 Å². The molecule has 0 atom stereocenters. The van der Waals surface area contributed by atoms with Crippen molar-refractivity contribution in [3.05, 3.63) is 48.5 Å². The lowest BCUT2D eigenvalue weighted by Crippen LogP contribution is -2.20. The smallest absolute Gasteiger partial charge is 0.264 e.